The molecular weight excluding hydrogens is 352 g/mol. The maximum atomic E-state index is 12.9. The van der Waals surface area contributed by atoms with Crippen molar-refractivity contribution in [2.24, 2.45) is 14.1 Å². The molecule has 0 bridgehead atoms. The summed E-state index contributed by atoms with van der Waals surface area (Å²) in [6.07, 6.45) is 1.35. The number of benzene rings is 1. The Balaban J connectivity index is 1.76. The van der Waals surface area contributed by atoms with E-state index in [2.05, 4.69) is 10.3 Å². The smallest absolute Gasteiger partial charge is 0.323 e. The van der Waals surface area contributed by atoms with Crippen LogP contribution in [0.4, 0.5) is 11.4 Å². The summed E-state index contributed by atoms with van der Waals surface area (Å²) in [5.41, 5.74) is 0.471. The molecule has 0 atom stereocenters. The van der Waals surface area contributed by atoms with Crippen molar-refractivity contribution in [3.8, 4) is 0 Å². The number of aromatic nitrogens is 4. The number of hydrogen-bond donors (Lipinski definition) is 1. The number of nitrogens with one attached hydrogen (secondary N) is 1. The molecule has 3 heterocycles. The van der Waals surface area contributed by atoms with Gasteiger partial charge in [-0.15, -0.1) is 0 Å². The quantitative estimate of drug-likeness (QED) is 0.650. The number of hydrogen-bond acceptors (Lipinski definition) is 5. The van der Waals surface area contributed by atoms with Crippen molar-refractivity contribution in [3.63, 3.8) is 0 Å². The second kappa shape index (κ2) is 5.94. The Hall–Kier alpha value is -3.69. The molecule has 0 spiro atoms. The zero-order valence-electron chi connectivity index (χ0n) is 14.7. The van der Waals surface area contributed by atoms with Crippen LogP contribution in [-0.4, -0.2) is 37.0 Å². The normalized spacial score (nSPS) is 13.6. The molecule has 0 saturated heterocycles. The fourth-order valence-electron chi connectivity index (χ4n) is 3.20. The Labute approximate surface area is 152 Å². The van der Waals surface area contributed by atoms with E-state index in [0.717, 1.165) is 4.57 Å². The summed E-state index contributed by atoms with van der Waals surface area (Å²) in [6.45, 7) is -0.301. The number of aryl methyl sites for hydroxylation is 1. The number of fused-ring (bicyclic) bond motifs is 2. The van der Waals surface area contributed by atoms with Crippen LogP contribution in [0.15, 0.2) is 40.2 Å². The minimum atomic E-state index is -0.532. The maximum Gasteiger partial charge on any atom is 0.332 e. The standard InChI is InChI=1S/C17H16N6O4/c1-20-15-14(16(26)21(2)17(20)27)22(9-18-15)8-13(25)23-7-12(24)19-10-5-3-4-6-11(10)23/h3-6,9H,7-8H2,1-2H3,(H,19,24). The van der Waals surface area contributed by atoms with Gasteiger partial charge in [-0.25, -0.2) is 9.78 Å². The van der Waals surface area contributed by atoms with Gasteiger partial charge in [0, 0.05) is 14.1 Å². The third-order valence-corrected chi connectivity index (χ3v) is 4.59. The van der Waals surface area contributed by atoms with Crippen LogP contribution in [0.3, 0.4) is 0 Å². The van der Waals surface area contributed by atoms with Crippen LogP contribution in [0.1, 0.15) is 0 Å². The first-order valence-electron chi connectivity index (χ1n) is 8.18. The monoisotopic (exact) mass is 368 g/mol. The van der Waals surface area contributed by atoms with Crippen molar-refractivity contribution in [2.75, 3.05) is 16.8 Å². The molecule has 0 aliphatic carbocycles. The minimum absolute atomic E-state index is 0.112. The van der Waals surface area contributed by atoms with Gasteiger partial charge in [0.15, 0.2) is 11.2 Å². The second-order valence-electron chi connectivity index (χ2n) is 6.30. The fraction of sp³-hybridized carbons (Fsp3) is 0.235. The third-order valence-electron chi connectivity index (χ3n) is 4.59. The Kier molecular flexibility index (Phi) is 3.69. The van der Waals surface area contributed by atoms with Crippen molar-refractivity contribution in [1.29, 1.82) is 0 Å². The molecule has 0 fully saturated rings. The molecule has 1 aliphatic heterocycles. The lowest BCUT2D eigenvalue weighted by Crippen LogP contribution is -2.44. The number of rotatable bonds is 2. The number of carbonyl (C=O) groups excluding carboxylic acids is 2. The van der Waals surface area contributed by atoms with E-state index in [1.54, 1.807) is 24.3 Å². The molecule has 3 aromatic rings. The van der Waals surface area contributed by atoms with Crippen LogP contribution in [0, 0.1) is 0 Å². The summed E-state index contributed by atoms with van der Waals surface area (Å²) in [4.78, 5) is 54.8. The average molecular weight is 368 g/mol. The molecule has 1 aromatic carbocycles. The van der Waals surface area contributed by atoms with E-state index in [9.17, 15) is 19.2 Å². The molecule has 10 nitrogen and oxygen atoms in total. The van der Waals surface area contributed by atoms with Crippen LogP contribution >= 0.6 is 0 Å². The summed E-state index contributed by atoms with van der Waals surface area (Å²) in [6, 6.07) is 6.99. The van der Waals surface area contributed by atoms with Crippen LogP contribution in [0.25, 0.3) is 11.2 Å². The van der Waals surface area contributed by atoms with Crippen molar-refractivity contribution in [3.05, 3.63) is 51.4 Å². The van der Waals surface area contributed by atoms with Gasteiger partial charge in [0.1, 0.15) is 13.1 Å². The van der Waals surface area contributed by atoms with Crippen LogP contribution in [-0.2, 0) is 30.2 Å². The van der Waals surface area contributed by atoms with Gasteiger partial charge in [0.05, 0.1) is 17.7 Å². The fourth-order valence-corrected chi connectivity index (χ4v) is 3.20. The third kappa shape index (κ3) is 2.53. The SMILES string of the molecule is Cn1c(=O)c2c(ncn2CC(=O)N2CC(=O)Nc3ccccc32)n(C)c1=O. The van der Waals surface area contributed by atoms with Gasteiger partial charge in [-0.3, -0.25) is 28.4 Å². The summed E-state index contributed by atoms with van der Waals surface area (Å²) in [5, 5.41) is 2.72. The van der Waals surface area contributed by atoms with E-state index in [1.165, 1.54) is 34.5 Å². The molecule has 27 heavy (non-hydrogen) atoms. The second-order valence-corrected chi connectivity index (χ2v) is 6.30. The van der Waals surface area contributed by atoms with Gasteiger partial charge in [0.25, 0.3) is 5.56 Å². The molecule has 1 aliphatic rings. The van der Waals surface area contributed by atoms with Crippen LogP contribution in [0.2, 0.25) is 0 Å². The lowest BCUT2D eigenvalue weighted by atomic mass is 10.2. The lowest BCUT2D eigenvalue weighted by molar-refractivity contribution is -0.122. The molecule has 4 rings (SSSR count). The predicted octanol–water partition coefficient (Wildman–Crippen LogP) is -0.581. The summed E-state index contributed by atoms with van der Waals surface area (Å²) in [7, 11) is 2.88. The van der Waals surface area contributed by atoms with E-state index in [-0.39, 0.29) is 36.1 Å². The highest BCUT2D eigenvalue weighted by molar-refractivity contribution is 6.09. The van der Waals surface area contributed by atoms with E-state index >= 15 is 0 Å². The number of nitrogens with zero attached hydrogens (tertiary/aromatic N) is 5. The van der Waals surface area contributed by atoms with Gasteiger partial charge in [-0.1, -0.05) is 12.1 Å². The van der Waals surface area contributed by atoms with Crippen LogP contribution in [0.5, 0.6) is 0 Å². The van der Waals surface area contributed by atoms with E-state index < -0.39 is 11.2 Å². The first-order chi connectivity index (χ1) is 12.9. The molecular formula is C17H16N6O4. The number of para-hydroxylation sites is 2. The van der Waals surface area contributed by atoms with Crippen molar-refractivity contribution >= 4 is 34.4 Å². The van der Waals surface area contributed by atoms with Gasteiger partial charge >= 0.3 is 5.69 Å². The van der Waals surface area contributed by atoms with Crippen molar-refractivity contribution in [1.82, 2.24) is 18.7 Å². The first-order valence-corrected chi connectivity index (χ1v) is 8.18. The van der Waals surface area contributed by atoms with Gasteiger partial charge in [-0.05, 0) is 12.1 Å². The van der Waals surface area contributed by atoms with E-state index in [0.29, 0.717) is 11.4 Å². The molecule has 0 saturated carbocycles. The Morgan fingerprint density at radius 3 is 2.67 bits per heavy atom. The van der Waals surface area contributed by atoms with Crippen molar-refractivity contribution in [2.45, 2.75) is 6.54 Å². The number of amides is 2. The number of imidazole rings is 1. The zero-order valence-corrected chi connectivity index (χ0v) is 14.7. The summed E-state index contributed by atoms with van der Waals surface area (Å²) < 4.78 is 3.62. The molecule has 138 valence electrons. The molecule has 2 amide bonds. The van der Waals surface area contributed by atoms with E-state index in [4.69, 9.17) is 0 Å². The highest BCUT2D eigenvalue weighted by Gasteiger charge is 2.27. The average Bonchev–Trinajstić information content (AvgIpc) is 3.07. The zero-order chi connectivity index (χ0) is 19.3. The van der Waals surface area contributed by atoms with E-state index in [1.807, 2.05) is 0 Å². The van der Waals surface area contributed by atoms with Gasteiger partial charge < -0.3 is 9.88 Å². The largest absolute Gasteiger partial charge is 0.332 e. The first kappa shape index (κ1) is 16.8. The number of carbonyl (C=O) groups is 2. The Morgan fingerprint density at radius 2 is 1.89 bits per heavy atom. The number of anilines is 2. The Morgan fingerprint density at radius 1 is 1.15 bits per heavy atom. The lowest BCUT2D eigenvalue weighted by Gasteiger charge is -2.29. The Bertz CT molecular complexity index is 1220. The molecule has 1 N–H and O–H groups in total. The topological polar surface area (TPSA) is 111 Å². The van der Waals surface area contributed by atoms with Gasteiger partial charge in [-0.2, -0.15) is 0 Å². The minimum Gasteiger partial charge on any atom is -0.323 e. The summed E-state index contributed by atoms with van der Waals surface area (Å²) in [5.74, 6) is -0.664. The van der Waals surface area contributed by atoms with Crippen LogP contribution < -0.4 is 21.5 Å². The molecule has 0 radical (unpaired) electrons. The predicted molar refractivity (Wildman–Crippen MR) is 97.6 cm³/mol. The highest BCUT2D eigenvalue weighted by atomic mass is 16.2. The molecule has 10 heteroatoms. The summed E-state index contributed by atoms with van der Waals surface area (Å²) >= 11 is 0. The molecule has 2 aromatic heterocycles. The maximum absolute atomic E-state index is 12.9. The van der Waals surface area contributed by atoms with Crippen molar-refractivity contribution < 1.29 is 9.59 Å². The highest BCUT2D eigenvalue weighted by Crippen LogP contribution is 2.29. The van der Waals surface area contributed by atoms with Gasteiger partial charge in [0.2, 0.25) is 11.8 Å². The molecule has 0 unspecified atom stereocenters.